The minimum absolute atomic E-state index is 0.0291. The van der Waals surface area contributed by atoms with Crippen molar-refractivity contribution >= 4 is 5.91 Å². The van der Waals surface area contributed by atoms with Crippen LogP contribution in [0.3, 0.4) is 0 Å². The number of carbonyl (C=O) groups is 1. The fourth-order valence-corrected chi connectivity index (χ4v) is 2.21. The first-order valence-electron chi connectivity index (χ1n) is 6.12. The molecule has 1 fully saturated rings. The van der Waals surface area contributed by atoms with E-state index in [9.17, 15) is 9.18 Å². The van der Waals surface area contributed by atoms with E-state index in [0.717, 1.165) is 13.1 Å². The largest absolute Gasteiger partial charge is 0.358 e. The number of benzene rings is 1. The van der Waals surface area contributed by atoms with E-state index in [1.807, 2.05) is 11.0 Å². The molecule has 0 radical (unpaired) electrons. The minimum atomic E-state index is -0.233. The lowest BCUT2D eigenvalue weighted by Gasteiger charge is -2.34. The van der Waals surface area contributed by atoms with Crippen molar-refractivity contribution in [2.24, 2.45) is 0 Å². The summed E-state index contributed by atoms with van der Waals surface area (Å²) in [6, 6.07) is 6.47. The van der Waals surface area contributed by atoms with E-state index in [-0.39, 0.29) is 17.8 Å². The van der Waals surface area contributed by atoms with Crippen molar-refractivity contribution in [1.29, 1.82) is 0 Å². The second kappa shape index (κ2) is 5.93. The Balaban J connectivity index is 2.10. The number of rotatable bonds is 3. The van der Waals surface area contributed by atoms with E-state index in [1.54, 1.807) is 19.2 Å². The molecule has 2 rings (SSSR count). The molecule has 0 saturated carbocycles. The SMILES string of the molecule is CNC(=O)C1CNCCN1Cc1ccccc1F. The molecule has 1 saturated heterocycles. The molecule has 1 aliphatic rings. The summed E-state index contributed by atoms with van der Waals surface area (Å²) in [6.07, 6.45) is 0. The van der Waals surface area contributed by atoms with Crippen LogP contribution in [0.5, 0.6) is 0 Å². The van der Waals surface area contributed by atoms with Crippen LogP contribution in [0.15, 0.2) is 24.3 Å². The molecule has 1 aromatic rings. The van der Waals surface area contributed by atoms with Crippen molar-refractivity contribution in [2.45, 2.75) is 12.6 Å². The number of nitrogens with one attached hydrogen (secondary N) is 2. The highest BCUT2D eigenvalue weighted by molar-refractivity contribution is 5.81. The molecule has 0 aliphatic carbocycles. The van der Waals surface area contributed by atoms with E-state index >= 15 is 0 Å². The van der Waals surface area contributed by atoms with Gasteiger partial charge in [0, 0.05) is 38.8 Å². The molecule has 5 heteroatoms. The summed E-state index contributed by atoms with van der Waals surface area (Å²) in [6.45, 7) is 2.63. The van der Waals surface area contributed by atoms with Crippen LogP contribution in [0.25, 0.3) is 0 Å². The second-order valence-electron chi connectivity index (χ2n) is 4.40. The van der Waals surface area contributed by atoms with Crippen LogP contribution in [0.2, 0.25) is 0 Å². The zero-order valence-electron chi connectivity index (χ0n) is 10.4. The molecule has 1 unspecified atom stereocenters. The van der Waals surface area contributed by atoms with Crippen LogP contribution in [-0.2, 0) is 11.3 Å². The van der Waals surface area contributed by atoms with Gasteiger partial charge in [-0.15, -0.1) is 0 Å². The van der Waals surface area contributed by atoms with Gasteiger partial charge in [0.2, 0.25) is 5.91 Å². The number of hydrogen-bond donors (Lipinski definition) is 2. The van der Waals surface area contributed by atoms with Gasteiger partial charge in [-0.1, -0.05) is 18.2 Å². The molecule has 98 valence electrons. The zero-order valence-corrected chi connectivity index (χ0v) is 10.4. The number of carbonyl (C=O) groups excluding carboxylic acids is 1. The van der Waals surface area contributed by atoms with Crippen molar-refractivity contribution in [3.8, 4) is 0 Å². The normalized spacial score (nSPS) is 20.7. The van der Waals surface area contributed by atoms with Gasteiger partial charge in [-0.25, -0.2) is 4.39 Å². The summed E-state index contributed by atoms with van der Waals surface area (Å²) in [7, 11) is 1.62. The average molecular weight is 251 g/mol. The third-order valence-corrected chi connectivity index (χ3v) is 3.23. The smallest absolute Gasteiger partial charge is 0.238 e. The maximum absolute atomic E-state index is 13.6. The van der Waals surface area contributed by atoms with Crippen LogP contribution in [0.1, 0.15) is 5.56 Å². The molecular formula is C13H18FN3O. The Bertz CT molecular complexity index is 424. The van der Waals surface area contributed by atoms with Crippen molar-refractivity contribution in [3.63, 3.8) is 0 Å². The summed E-state index contributed by atoms with van der Waals surface area (Å²) in [5.41, 5.74) is 0.633. The van der Waals surface area contributed by atoms with E-state index < -0.39 is 0 Å². The average Bonchev–Trinajstić information content (AvgIpc) is 2.41. The molecule has 4 nitrogen and oxygen atoms in total. The highest BCUT2D eigenvalue weighted by Crippen LogP contribution is 2.13. The zero-order chi connectivity index (χ0) is 13.0. The highest BCUT2D eigenvalue weighted by Gasteiger charge is 2.28. The molecule has 1 amide bonds. The van der Waals surface area contributed by atoms with Gasteiger partial charge in [0.05, 0.1) is 0 Å². The Hall–Kier alpha value is -1.46. The lowest BCUT2D eigenvalue weighted by Crippen LogP contribution is -2.56. The lowest BCUT2D eigenvalue weighted by atomic mass is 10.1. The van der Waals surface area contributed by atoms with Gasteiger partial charge in [0.15, 0.2) is 0 Å². The first-order chi connectivity index (χ1) is 8.72. The molecule has 2 N–H and O–H groups in total. The van der Waals surface area contributed by atoms with Crippen molar-refractivity contribution in [1.82, 2.24) is 15.5 Å². The van der Waals surface area contributed by atoms with Crippen LogP contribution in [-0.4, -0.2) is 43.5 Å². The summed E-state index contributed by atoms with van der Waals surface area (Å²) in [5, 5.41) is 5.83. The summed E-state index contributed by atoms with van der Waals surface area (Å²) in [4.78, 5) is 13.8. The first kappa shape index (κ1) is 13.0. The number of amides is 1. The molecule has 18 heavy (non-hydrogen) atoms. The van der Waals surface area contributed by atoms with Crippen molar-refractivity contribution in [2.75, 3.05) is 26.7 Å². The fourth-order valence-electron chi connectivity index (χ4n) is 2.21. The first-order valence-corrected chi connectivity index (χ1v) is 6.12. The quantitative estimate of drug-likeness (QED) is 0.814. The lowest BCUT2D eigenvalue weighted by molar-refractivity contribution is -0.126. The summed E-state index contributed by atoms with van der Waals surface area (Å²) < 4.78 is 13.6. The van der Waals surface area contributed by atoms with Gasteiger partial charge in [-0.05, 0) is 6.07 Å². The minimum Gasteiger partial charge on any atom is -0.358 e. The topological polar surface area (TPSA) is 44.4 Å². The van der Waals surface area contributed by atoms with Crippen LogP contribution in [0, 0.1) is 5.82 Å². The summed E-state index contributed by atoms with van der Waals surface area (Å²) >= 11 is 0. The number of likely N-dealkylation sites (N-methyl/N-ethyl adjacent to an activating group) is 1. The highest BCUT2D eigenvalue weighted by atomic mass is 19.1. The van der Waals surface area contributed by atoms with Gasteiger partial charge in [0.1, 0.15) is 11.9 Å². The van der Waals surface area contributed by atoms with Gasteiger partial charge >= 0.3 is 0 Å². The van der Waals surface area contributed by atoms with Gasteiger partial charge in [-0.2, -0.15) is 0 Å². The second-order valence-corrected chi connectivity index (χ2v) is 4.40. The molecule has 1 aliphatic heterocycles. The Morgan fingerprint density at radius 1 is 1.56 bits per heavy atom. The monoisotopic (exact) mass is 251 g/mol. The van der Waals surface area contributed by atoms with Crippen molar-refractivity contribution < 1.29 is 9.18 Å². The standard InChI is InChI=1S/C13H18FN3O/c1-15-13(18)12-8-16-6-7-17(12)9-10-4-2-3-5-11(10)14/h2-5,12,16H,6-9H2,1H3,(H,15,18). The Labute approximate surface area is 106 Å². The molecule has 1 atom stereocenters. The summed E-state index contributed by atoms with van der Waals surface area (Å²) in [5.74, 6) is -0.245. The van der Waals surface area contributed by atoms with Crippen LogP contribution in [0.4, 0.5) is 4.39 Å². The maximum atomic E-state index is 13.6. The van der Waals surface area contributed by atoms with Crippen LogP contribution >= 0.6 is 0 Å². The Kier molecular flexibility index (Phi) is 4.28. The number of hydrogen-bond acceptors (Lipinski definition) is 3. The van der Waals surface area contributed by atoms with E-state index in [4.69, 9.17) is 0 Å². The number of halogens is 1. The molecular weight excluding hydrogens is 233 g/mol. The van der Waals surface area contributed by atoms with E-state index in [0.29, 0.717) is 18.7 Å². The Morgan fingerprint density at radius 3 is 3.06 bits per heavy atom. The predicted molar refractivity (Wildman–Crippen MR) is 67.5 cm³/mol. The van der Waals surface area contributed by atoms with E-state index in [2.05, 4.69) is 10.6 Å². The number of piperazine rings is 1. The molecule has 1 heterocycles. The third-order valence-electron chi connectivity index (χ3n) is 3.23. The third kappa shape index (κ3) is 2.86. The van der Waals surface area contributed by atoms with E-state index in [1.165, 1.54) is 6.07 Å². The molecule has 0 bridgehead atoms. The number of nitrogens with zero attached hydrogens (tertiary/aromatic N) is 1. The molecule has 1 aromatic carbocycles. The fraction of sp³-hybridized carbons (Fsp3) is 0.462. The van der Waals surface area contributed by atoms with Gasteiger partial charge in [0.25, 0.3) is 0 Å². The molecule has 0 spiro atoms. The van der Waals surface area contributed by atoms with Gasteiger partial charge in [-0.3, -0.25) is 9.69 Å². The van der Waals surface area contributed by atoms with Crippen molar-refractivity contribution in [3.05, 3.63) is 35.6 Å². The molecule has 0 aromatic heterocycles. The van der Waals surface area contributed by atoms with Gasteiger partial charge < -0.3 is 10.6 Å². The van der Waals surface area contributed by atoms with Crippen LogP contribution < -0.4 is 10.6 Å². The Morgan fingerprint density at radius 2 is 2.33 bits per heavy atom. The predicted octanol–water partition coefficient (Wildman–Crippen LogP) is 0.346. The maximum Gasteiger partial charge on any atom is 0.238 e.